The van der Waals surface area contributed by atoms with E-state index in [2.05, 4.69) is 11.1 Å². The normalized spacial score (nSPS) is 14.1. The summed E-state index contributed by atoms with van der Waals surface area (Å²) in [7, 11) is 0. The summed E-state index contributed by atoms with van der Waals surface area (Å²) in [5.74, 6) is 0.242. The second-order valence-corrected chi connectivity index (χ2v) is 6.10. The largest absolute Gasteiger partial charge is 0.293 e. The molecule has 2 heterocycles. The third kappa shape index (κ3) is 1.88. The number of aromatic nitrogens is 2. The van der Waals surface area contributed by atoms with Crippen LogP contribution in [-0.2, 0) is 6.42 Å². The van der Waals surface area contributed by atoms with E-state index in [4.69, 9.17) is 5.26 Å². The van der Waals surface area contributed by atoms with Crippen molar-refractivity contribution >= 4 is 22.1 Å². The Morgan fingerprint density at radius 2 is 2.05 bits per heavy atom. The van der Waals surface area contributed by atoms with Crippen LogP contribution in [0.3, 0.4) is 0 Å². The Morgan fingerprint density at radius 1 is 1.24 bits per heavy atom. The Kier molecular flexibility index (Phi) is 2.66. The number of aryl methyl sites for hydroxylation is 1. The Balaban J connectivity index is 1.82. The highest BCUT2D eigenvalue weighted by Gasteiger charge is 2.23. The van der Waals surface area contributed by atoms with E-state index in [9.17, 15) is 4.79 Å². The van der Waals surface area contributed by atoms with Crippen molar-refractivity contribution in [1.29, 1.82) is 5.26 Å². The Morgan fingerprint density at radius 3 is 2.81 bits per heavy atom. The van der Waals surface area contributed by atoms with Crippen LogP contribution in [0.2, 0.25) is 0 Å². The highest BCUT2D eigenvalue weighted by molar-refractivity contribution is 7.19. The molecule has 21 heavy (non-hydrogen) atoms. The molecule has 0 atom stereocenters. The smallest absolute Gasteiger partial charge is 0.195 e. The molecule has 1 aliphatic carbocycles. The maximum atomic E-state index is 11.9. The lowest BCUT2D eigenvalue weighted by Crippen LogP contribution is -2.09. The molecule has 5 heteroatoms. The highest BCUT2D eigenvalue weighted by atomic mass is 32.1. The summed E-state index contributed by atoms with van der Waals surface area (Å²) in [6, 6.07) is 9.51. The molecule has 0 fully saturated rings. The van der Waals surface area contributed by atoms with Crippen molar-refractivity contribution < 1.29 is 4.79 Å². The number of fused-ring (bicyclic) bond motifs is 3. The molecule has 102 valence electrons. The molecule has 0 amide bonds. The lowest BCUT2D eigenvalue weighted by atomic mass is 10.0. The predicted molar refractivity (Wildman–Crippen MR) is 80.5 cm³/mol. The van der Waals surface area contributed by atoms with Crippen LogP contribution in [-0.4, -0.2) is 15.2 Å². The van der Waals surface area contributed by atoms with Crippen LogP contribution < -0.4 is 0 Å². The second-order valence-electron chi connectivity index (χ2n) is 5.12. The van der Waals surface area contributed by atoms with Gasteiger partial charge in [0, 0.05) is 23.9 Å². The van der Waals surface area contributed by atoms with Crippen molar-refractivity contribution in [3.8, 4) is 17.3 Å². The van der Waals surface area contributed by atoms with Gasteiger partial charge in [0.05, 0.1) is 22.2 Å². The van der Waals surface area contributed by atoms with Gasteiger partial charge >= 0.3 is 0 Å². The summed E-state index contributed by atoms with van der Waals surface area (Å²) in [5.41, 5.74) is 3.61. The van der Waals surface area contributed by atoms with Crippen molar-refractivity contribution in [2.24, 2.45) is 0 Å². The van der Waals surface area contributed by atoms with Gasteiger partial charge in [-0.1, -0.05) is 23.5 Å². The van der Waals surface area contributed by atoms with Gasteiger partial charge in [-0.3, -0.25) is 9.20 Å². The molecule has 0 unspecified atom stereocenters. The van der Waals surface area contributed by atoms with Gasteiger partial charge in [0.1, 0.15) is 0 Å². The van der Waals surface area contributed by atoms with Gasteiger partial charge in [-0.15, -0.1) is 0 Å². The molecule has 1 aliphatic rings. The first-order chi connectivity index (χ1) is 10.3. The monoisotopic (exact) mass is 293 g/mol. The summed E-state index contributed by atoms with van der Waals surface area (Å²) in [6.07, 6.45) is 4.50. The first-order valence-electron chi connectivity index (χ1n) is 6.81. The zero-order valence-electron chi connectivity index (χ0n) is 11.2. The van der Waals surface area contributed by atoms with Crippen molar-refractivity contribution in [2.75, 3.05) is 0 Å². The van der Waals surface area contributed by atoms with Gasteiger partial charge in [0.2, 0.25) is 0 Å². The minimum Gasteiger partial charge on any atom is -0.293 e. The van der Waals surface area contributed by atoms with Crippen LogP contribution in [0.15, 0.2) is 30.5 Å². The zero-order chi connectivity index (χ0) is 14.4. The number of nitriles is 1. The first-order valence-corrected chi connectivity index (χ1v) is 7.62. The molecule has 0 bridgehead atoms. The summed E-state index contributed by atoms with van der Waals surface area (Å²) in [6.45, 7) is 0. The van der Waals surface area contributed by atoms with Crippen molar-refractivity contribution in [2.45, 2.75) is 19.3 Å². The average molecular weight is 293 g/mol. The Hall–Kier alpha value is -2.45. The number of Topliss-reactive ketones (excluding diaryl/α,β-unsaturated/α-hetero) is 1. The summed E-state index contributed by atoms with van der Waals surface area (Å²) >= 11 is 1.48. The van der Waals surface area contributed by atoms with Crippen LogP contribution in [0.1, 0.15) is 33.8 Å². The minimum atomic E-state index is 0.242. The highest BCUT2D eigenvalue weighted by Crippen LogP contribution is 2.32. The number of imidazole rings is 1. The quantitative estimate of drug-likeness (QED) is 0.690. The Labute approximate surface area is 125 Å². The van der Waals surface area contributed by atoms with E-state index in [0.717, 1.165) is 39.6 Å². The number of nitrogens with zero attached hydrogens (tertiary/aromatic N) is 3. The van der Waals surface area contributed by atoms with Crippen LogP contribution >= 0.6 is 11.3 Å². The van der Waals surface area contributed by atoms with Crippen molar-refractivity contribution in [1.82, 2.24) is 9.38 Å². The molecular weight excluding hydrogens is 282 g/mol. The number of hydrogen-bond acceptors (Lipinski definition) is 4. The van der Waals surface area contributed by atoms with E-state index >= 15 is 0 Å². The van der Waals surface area contributed by atoms with Crippen molar-refractivity contribution in [3.63, 3.8) is 0 Å². The fourth-order valence-electron chi connectivity index (χ4n) is 2.72. The van der Waals surface area contributed by atoms with E-state index in [0.29, 0.717) is 12.0 Å². The molecule has 0 saturated carbocycles. The number of hydrogen-bond donors (Lipinski definition) is 0. The maximum Gasteiger partial charge on any atom is 0.195 e. The summed E-state index contributed by atoms with van der Waals surface area (Å²) in [5, 5.41) is 8.84. The summed E-state index contributed by atoms with van der Waals surface area (Å²) in [4.78, 5) is 18.3. The standard InChI is InChI=1S/C16H11N3OS/c17-8-10-4-6-11(7-5-10)12-9-19-13-2-1-3-14(20)15(13)21-16(19)18-12/h4-7,9H,1-3H2. The molecule has 2 aromatic heterocycles. The fraction of sp³-hybridized carbons (Fsp3) is 0.188. The van der Waals surface area contributed by atoms with Crippen LogP contribution in [0.5, 0.6) is 0 Å². The number of carbonyl (C=O) groups excluding carboxylic acids is 1. The molecular formula is C16H11N3OS. The van der Waals surface area contributed by atoms with Gasteiger partial charge < -0.3 is 0 Å². The number of ketones is 1. The predicted octanol–water partition coefficient (Wildman–Crippen LogP) is 3.45. The Bertz CT molecular complexity index is 896. The molecule has 0 N–H and O–H groups in total. The molecule has 0 aliphatic heterocycles. The maximum absolute atomic E-state index is 11.9. The number of thiazole rings is 1. The third-order valence-electron chi connectivity index (χ3n) is 3.80. The van der Waals surface area contributed by atoms with Crippen LogP contribution in [0.4, 0.5) is 0 Å². The SMILES string of the molecule is N#Cc1ccc(-c2cn3c4c(sc3n2)C(=O)CCC4)cc1. The number of rotatable bonds is 1. The van der Waals surface area contributed by atoms with Crippen molar-refractivity contribution in [3.05, 3.63) is 46.6 Å². The molecule has 0 radical (unpaired) electrons. The minimum absolute atomic E-state index is 0.242. The number of benzene rings is 1. The van der Waals surface area contributed by atoms with E-state index in [1.165, 1.54) is 11.3 Å². The van der Waals surface area contributed by atoms with Gasteiger partial charge in [-0.2, -0.15) is 5.26 Å². The first kappa shape index (κ1) is 12.3. The third-order valence-corrected chi connectivity index (χ3v) is 4.94. The van der Waals surface area contributed by atoms with Gasteiger partial charge in [0.25, 0.3) is 0 Å². The lowest BCUT2D eigenvalue weighted by molar-refractivity contribution is 0.0976. The van der Waals surface area contributed by atoms with E-state index in [-0.39, 0.29) is 5.78 Å². The summed E-state index contributed by atoms with van der Waals surface area (Å²) < 4.78 is 2.05. The number of carbonyl (C=O) groups is 1. The van der Waals surface area contributed by atoms with E-state index < -0.39 is 0 Å². The zero-order valence-corrected chi connectivity index (χ0v) is 12.0. The molecule has 3 aromatic rings. The van der Waals surface area contributed by atoms with Gasteiger partial charge in [0.15, 0.2) is 10.7 Å². The van der Waals surface area contributed by atoms with Crippen LogP contribution in [0, 0.1) is 11.3 Å². The molecule has 1 aromatic carbocycles. The average Bonchev–Trinajstić information content (AvgIpc) is 3.07. The molecule has 0 saturated heterocycles. The van der Waals surface area contributed by atoms with E-state index in [1.54, 1.807) is 12.1 Å². The lowest BCUT2D eigenvalue weighted by Gasteiger charge is -2.08. The molecule has 0 spiro atoms. The molecule has 4 nitrogen and oxygen atoms in total. The van der Waals surface area contributed by atoms with Gasteiger partial charge in [-0.25, -0.2) is 4.98 Å². The fourth-order valence-corrected chi connectivity index (χ4v) is 3.85. The topological polar surface area (TPSA) is 58.2 Å². The second kappa shape index (κ2) is 4.54. The van der Waals surface area contributed by atoms with Gasteiger partial charge in [-0.05, 0) is 25.0 Å². The van der Waals surface area contributed by atoms with Crippen LogP contribution in [0.25, 0.3) is 16.2 Å². The molecule has 4 rings (SSSR count). The van der Waals surface area contributed by atoms with E-state index in [1.807, 2.05) is 22.7 Å².